The quantitative estimate of drug-likeness (QED) is 0.623. The molecule has 0 N–H and O–H groups in total. The number of carbonyl (C=O) groups excluding carboxylic acids is 1. The average Bonchev–Trinajstić information content (AvgIpc) is 2.56. The number of rotatable bonds is 2. The molecule has 1 aromatic heterocycles. The Balaban J connectivity index is 2.75. The number of carbonyl (C=O) groups is 1. The van der Waals surface area contributed by atoms with Crippen molar-refractivity contribution in [2.75, 3.05) is 5.33 Å². The second kappa shape index (κ2) is 3.87. The Bertz CT molecular complexity index is 578. The highest BCUT2D eigenvalue weighted by molar-refractivity contribution is 9.10. The summed E-state index contributed by atoms with van der Waals surface area (Å²) in [6.45, 7) is 0. The molecular formula is C10H6Br2O2. The van der Waals surface area contributed by atoms with Crippen molar-refractivity contribution in [3.63, 3.8) is 0 Å². The molecule has 0 saturated heterocycles. The number of Topliss-reactive ketones (excluding diaryl/α,β-unsaturated/α-hetero) is 1. The predicted octanol–water partition coefficient (Wildman–Crippen LogP) is 3.77. The van der Waals surface area contributed by atoms with Crippen LogP contribution in [0.15, 0.2) is 33.3 Å². The van der Waals surface area contributed by atoms with Crippen LogP contribution in [-0.2, 0) is 0 Å². The zero-order valence-electron chi connectivity index (χ0n) is 8.93. The number of hydrogen-bond donors (Lipinski definition) is 0. The number of alkyl halides is 1. The third-order valence-electron chi connectivity index (χ3n) is 1.83. The zero-order valence-corrected chi connectivity index (χ0v) is 10.1. The minimum atomic E-state index is -0.195. The topological polar surface area (TPSA) is 30.2 Å². The first kappa shape index (κ1) is 7.65. The first-order valence-corrected chi connectivity index (χ1v) is 5.74. The lowest BCUT2D eigenvalue weighted by atomic mass is 10.1. The Hall–Kier alpha value is -0.610. The second-order valence-electron chi connectivity index (χ2n) is 2.72. The maximum absolute atomic E-state index is 11.5. The van der Waals surface area contributed by atoms with Crippen LogP contribution in [-0.4, -0.2) is 11.1 Å². The van der Waals surface area contributed by atoms with Crippen LogP contribution < -0.4 is 0 Å². The van der Waals surface area contributed by atoms with Crippen molar-refractivity contribution in [3.05, 3.63) is 34.5 Å². The monoisotopic (exact) mass is 318 g/mol. The van der Waals surface area contributed by atoms with Crippen LogP contribution in [0, 0.1) is 0 Å². The molecule has 0 aliphatic rings. The van der Waals surface area contributed by atoms with Gasteiger partial charge in [0, 0.05) is 10.9 Å². The molecule has 14 heavy (non-hydrogen) atoms. The van der Waals surface area contributed by atoms with Gasteiger partial charge in [-0.05, 0) is 34.1 Å². The average molecular weight is 320 g/mol. The molecule has 4 heteroatoms. The lowest BCUT2D eigenvalue weighted by Gasteiger charge is -1.99. The van der Waals surface area contributed by atoms with E-state index in [1.807, 2.05) is 0 Å². The van der Waals surface area contributed by atoms with E-state index in [0.717, 1.165) is 0 Å². The standard InChI is InChI=1S/C10H6Br2O2/c11-5-9(13)7-3-6-1-2-14-10(6)8(12)4-7/h1-4H,5H2/i1D,2D. The molecule has 0 spiro atoms. The normalized spacial score (nSPS) is 12.7. The van der Waals surface area contributed by atoms with Crippen LogP contribution >= 0.6 is 31.9 Å². The molecule has 0 unspecified atom stereocenters. The Morgan fingerprint density at radius 1 is 1.57 bits per heavy atom. The number of hydrogen-bond acceptors (Lipinski definition) is 2. The Labute approximate surface area is 100 Å². The minimum absolute atomic E-state index is 0.0000718. The molecule has 0 radical (unpaired) electrons. The summed E-state index contributed by atoms with van der Waals surface area (Å²) in [4.78, 5) is 11.5. The van der Waals surface area contributed by atoms with E-state index < -0.39 is 0 Å². The first-order chi connectivity index (χ1) is 7.54. The van der Waals surface area contributed by atoms with Gasteiger partial charge in [0.2, 0.25) is 0 Å². The molecule has 1 aromatic carbocycles. The van der Waals surface area contributed by atoms with Gasteiger partial charge in [-0.3, -0.25) is 4.79 Å². The fraction of sp³-hybridized carbons (Fsp3) is 0.100. The van der Waals surface area contributed by atoms with Crippen molar-refractivity contribution in [2.45, 2.75) is 0 Å². The predicted molar refractivity (Wildman–Crippen MR) is 62.0 cm³/mol. The molecule has 0 atom stereocenters. The summed E-state index contributed by atoms with van der Waals surface area (Å²) in [6, 6.07) is 3.21. The summed E-state index contributed by atoms with van der Waals surface area (Å²) in [5.74, 6) is -0.0743. The minimum Gasteiger partial charge on any atom is -0.463 e. The second-order valence-corrected chi connectivity index (χ2v) is 4.14. The largest absolute Gasteiger partial charge is 0.463 e. The van der Waals surface area contributed by atoms with E-state index >= 15 is 0 Å². The molecule has 72 valence electrons. The van der Waals surface area contributed by atoms with Crippen molar-refractivity contribution in [1.82, 2.24) is 0 Å². The number of ketones is 1. The van der Waals surface area contributed by atoms with Crippen LogP contribution in [0.2, 0.25) is 0 Å². The van der Waals surface area contributed by atoms with E-state index in [4.69, 9.17) is 7.16 Å². The summed E-state index contributed by atoms with van der Waals surface area (Å²) >= 11 is 6.36. The van der Waals surface area contributed by atoms with Gasteiger partial charge in [0.1, 0.15) is 6.95 Å². The first-order valence-electron chi connectivity index (χ1n) is 4.83. The molecule has 0 aliphatic heterocycles. The molecule has 2 nitrogen and oxygen atoms in total. The van der Waals surface area contributed by atoms with Gasteiger partial charge in [-0.15, -0.1) is 0 Å². The highest BCUT2D eigenvalue weighted by atomic mass is 79.9. The molecule has 0 aliphatic carbocycles. The van der Waals surface area contributed by atoms with Crippen molar-refractivity contribution >= 4 is 48.6 Å². The van der Waals surface area contributed by atoms with Gasteiger partial charge in [-0.2, -0.15) is 0 Å². The fourth-order valence-corrected chi connectivity index (χ4v) is 2.02. The molecule has 2 aromatic rings. The summed E-state index contributed by atoms with van der Waals surface area (Å²) in [6.07, 6.45) is -0.195. The van der Waals surface area contributed by atoms with Crippen LogP contribution in [0.25, 0.3) is 11.0 Å². The third kappa shape index (κ3) is 1.64. The van der Waals surface area contributed by atoms with Crippen LogP contribution in [0.5, 0.6) is 0 Å². The number of furan rings is 1. The van der Waals surface area contributed by atoms with Crippen LogP contribution in [0.4, 0.5) is 0 Å². The number of fused-ring (bicyclic) bond motifs is 1. The summed E-state index contributed by atoms with van der Waals surface area (Å²) in [5.41, 5.74) is 0.923. The van der Waals surface area contributed by atoms with Crippen LogP contribution in [0.1, 0.15) is 13.1 Å². The van der Waals surface area contributed by atoms with Crippen molar-refractivity contribution in [1.29, 1.82) is 0 Å². The van der Waals surface area contributed by atoms with Gasteiger partial charge < -0.3 is 4.42 Å². The van der Waals surface area contributed by atoms with Gasteiger partial charge >= 0.3 is 0 Å². The van der Waals surface area contributed by atoms with Crippen molar-refractivity contribution in [3.8, 4) is 0 Å². The maximum Gasteiger partial charge on any atom is 0.173 e. The highest BCUT2D eigenvalue weighted by Gasteiger charge is 2.09. The van der Waals surface area contributed by atoms with Crippen LogP contribution in [0.3, 0.4) is 0 Å². The van der Waals surface area contributed by atoms with Gasteiger partial charge in [0.05, 0.1) is 17.4 Å². The molecule has 0 saturated carbocycles. The Morgan fingerprint density at radius 3 is 3.07 bits per heavy atom. The Morgan fingerprint density at radius 2 is 2.36 bits per heavy atom. The lowest BCUT2D eigenvalue weighted by Crippen LogP contribution is -1.99. The van der Waals surface area contributed by atoms with Gasteiger partial charge in [-0.25, -0.2) is 0 Å². The molecular weight excluding hydrogens is 312 g/mol. The highest BCUT2D eigenvalue weighted by Crippen LogP contribution is 2.27. The zero-order chi connectivity index (χ0) is 11.9. The Kier molecular flexibility index (Phi) is 2.11. The molecule has 0 amide bonds. The smallest absolute Gasteiger partial charge is 0.173 e. The van der Waals surface area contributed by atoms with Gasteiger partial charge in [0.25, 0.3) is 0 Å². The van der Waals surface area contributed by atoms with E-state index in [1.54, 1.807) is 12.1 Å². The van der Waals surface area contributed by atoms with Gasteiger partial charge in [-0.1, -0.05) is 15.9 Å². The summed E-state index contributed by atoms with van der Waals surface area (Å²) < 4.78 is 20.7. The van der Waals surface area contributed by atoms with E-state index in [0.29, 0.717) is 21.0 Å². The SMILES string of the molecule is [2H]c1oc2c(Br)cc(C(=O)CBr)cc2c1[2H]. The van der Waals surface area contributed by atoms with Gasteiger partial charge in [0.15, 0.2) is 5.78 Å². The fourth-order valence-electron chi connectivity index (χ4n) is 1.16. The number of benzene rings is 1. The third-order valence-corrected chi connectivity index (χ3v) is 2.92. The van der Waals surface area contributed by atoms with E-state index in [-0.39, 0.29) is 23.4 Å². The number of halogens is 2. The van der Waals surface area contributed by atoms with Crippen molar-refractivity contribution in [2.24, 2.45) is 0 Å². The lowest BCUT2D eigenvalue weighted by molar-refractivity contribution is 0.102. The van der Waals surface area contributed by atoms with E-state index in [9.17, 15) is 4.79 Å². The van der Waals surface area contributed by atoms with Crippen molar-refractivity contribution < 1.29 is 12.0 Å². The molecule has 0 bridgehead atoms. The molecule has 1 heterocycles. The summed E-state index contributed by atoms with van der Waals surface area (Å²) in [7, 11) is 0. The molecule has 2 rings (SSSR count). The molecule has 0 fully saturated rings. The maximum atomic E-state index is 11.5. The summed E-state index contributed by atoms with van der Waals surface area (Å²) in [5, 5.41) is 0.702. The van der Waals surface area contributed by atoms with E-state index in [2.05, 4.69) is 31.9 Å². The van der Waals surface area contributed by atoms with E-state index in [1.165, 1.54) is 0 Å².